The molecule has 0 unspecified atom stereocenters. The topological polar surface area (TPSA) is 60.8 Å². The highest BCUT2D eigenvalue weighted by atomic mass is 19.1. The van der Waals surface area contributed by atoms with Gasteiger partial charge in [0.15, 0.2) is 0 Å². The molecule has 1 aromatic carbocycles. The summed E-state index contributed by atoms with van der Waals surface area (Å²) in [5, 5.41) is 18.5. The van der Waals surface area contributed by atoms with Crippen molar-refractivity contribution < 1.29 is 19.4 Å². The number of nitrogens with zero attached hydrogens (tertiary/aromatic N) is 1. The van der Waals surface area contributed by atoms with Crippen LogP contribution in [0.5, 0.6) is 5.75 Å². The Labute approximate surface area is 106 Å². The van der Waals surface area contributed by atoms with Gasteiger partial charge >= 0.3 is 5.97 Å². The minimum absolute atomic E-state index is 0.158. The molecule has 0 radical (unpaired) electrons. The van der Waals surface area contributed by atoms with Gasteiger partial charge in [-0.25, -0.2) is 4.39 Å². The summed E-state index contributed by atoms with van der Waals surface area (Å²) in [6, 6.07) is 3.74. The van der Waals surface area contributed by atoms with E-state index in [0.717, 1.165) is 6.07 Å². The number of phenolic OH excluding ortho intramolecular Hbond substituents is 1. The molecule has 0 bridgehead atoms. The number of likely N-dealkylation sites (N-methyl/N-ethyl adjacent to an activating group) is 1. The number of phenols is 1. The number of rotatable bonds is 5. The van der Waals surface area contributed by atoms with Crippen LogP contribution in [0.15, 0.2) is 18.2 Å². The zero-order valence-corrected chi connectivity index (χ0v) is 10.8. The summed E-state index contributed by atoms with van der Waals surface area (Å²) >= 11 is 0. The summed E-state index contributed by atoms with van der Waals surface area (Å²) < 4.78 is 13.1. The first-order valence-electron chi connectivity index (χ1n) is 5.74. The molecular weight excluding hydrogens is 237 g/mol. The fourth-order valence-corrected chi connectivity index (χ4v) is 1.78. The maximum Gasteiger partial charge on any atom is 0.323 e. The van der Waals surface area contributed by atoms with Gasteiger partial charge in [-0.2, -0.15) is 0 Å². The van der Waals surface area contributed by atoms with Gasteiger partial charge in [0.25, 0.3) is 0 Å². The second-order valence-corrected chi connectivity index (χ2v) is 4.70. The maximum absolute atomic E-state index is 13.1. The monoisotopic (exact) mass is 255 g/mol. The van der Waals surface area contributed by atoms with Gasteiger partial charge in [0.05, 0.1) is 0 Å². The number of hydrogen-bond acceptors (Lipinski definition) is 3. The average molecular weight is 255 g/mol. The van der Waals surface area contributed by atoms with E-state index in [1.54, 1.807) is 18.7 Å². The van der Waals surface area contributed by atoms with Gasteiger partial charge in [-0.3, -0.25) is 9.69 Å². The lowest BCUT2D eigenvalue weighted by Crippen LogP contribution is -2.49. The van der Waals surface area contributed by atoms with Crippen LogP contribution >= 0.6 is 0 Å². The minimum Gasteiger partial charge on any atom is -0.508 e. The summed E-state index contributed by atoms with van der Waals surface area (Å²) in [6.45, 7) is 5.80. The zero-order chi connectivity index (χ0) is 13.9. The Hall–Kier alpha value is -1.62. The second kappa shape index (κ2) is 5.35. The summed E-state index contributed by atoms with van der Waals surface area (Å²) in [5.41, 5.74) is -0.500. The molecule has 0 spiro atoms. The van der Waals surface area contributed by atoms with Gasteiger partial charge in [-0.15, -0.1) is 0 Å². The highest BCUT2D eigenvalue weighted by Crippen LogP contribution is 2.21. The van der Waals surface area contributed by atoms with E-state index in [1.807, 2.05) is 6.92 Å². The second-order valence-electron chi connectivity index (χ2n) is 4.70. The van der Waals surface area contributed by atoms with Crippen LogP contribution in [0.25, 0.3) is 0 Å². The summed E-state index contributed by atoms with van der Waals surface area (Å²) in [4.78, 5) is 12.9. The van der Waals surface area contributed by atoms with Crippen LogP contribution < -0.4 is 0 Å². The smallest absolute Gasteiger partial charge is 0.323 e. The van der Waals surface area contributed by atoms with Crippen molar-refractivity contribution in [1.82, 2.24) is 4.90 Å². The van der Waals surface area contributed by atoms with Crippen LogP contribution in [-0.4, -0.2) is 33.2 Å². The summed E-state index contributed by atoms with van der Waals surface area (Å²) in [6.07, 6.45) is 0. The first-order chi connectivity index (χ1) is 8.27. The first kappa shape index (κ1) is 14.4. The molecule has 0 heterocycles. The molecule has 18 heavy (non-hydrogen) atoms. The zero-order valence-electron chi connectivity index (χ0n) is 10.8. The maximum atomic E-state index is 13.1. The number of carboxylic acid groups (broad SMARTS) is 1. The quantitative estimate of drug-likeness (QED) is 0.847. The molecule has 2 N–H and O–H groups in total. The molecular formula is C13H18FNO3. The Balaban J connectivity index is 2.96. The van der Waals surface area contributed by atoms with Crippen LogP contribution in [0, 0.1) is 5.82 Å². The molecule has 0 aliphatic rings. The molecule has 0 aliphatic heterocycles. The molecule has 0 fully saturated rings. The Bertz CT molecular complexity index is 426. The van der Waals surface area contributed by atoms with Crippen molar-refractivity contribution >= 4 is 5.97 Å². The highest BCUT2D eigenvalue weighted by Gasteiger charge is 2.33. The molecule has 5 heteroatoms. The predicted molar refractivity (Wildman–Crippen MR) is 65.9 cm³/mol. The number of hydrogen-bond donors (Lipinski definition) is 2. The van der Waals surface area contributed by atoms with E-state index in [4.69, 9.17) is 5.11 Å². The van der Waals surface area contributed by atoms with Crippen molar-refractivity contribution in [2.75, 3.05) is 6.54 Å². The van der Waals surface area contributed by atoms with E-state index in [9.17, 15) is 14.3 Å². The molecule has 100 valence electrons. The van der Waals surface area contributed by atoms with Crippen molar-refractivity contribution in [3.05, 3.63) is 29.6 Å². The number of halogens is 1. The standard InChI is InChI=1S/C13H18FNO3/c1-4-15(13(2,3)12(17)18)8-9-5-10(14)7-11(16)6-9/h5-7,16H,4,8H2,1-3H3,(H,17,18). The number of aliphatic carboxylic acids is 1. The SMILES string of the molecule is CCN(Cc1cc(O)cc(F)c1)C(C)(C)C(=O)O. The van der Waals surface area contributed by atoms with E-state index in [2.05, 4.69) is 0 Å². The normalized spacial score (nSPS) is 11.8. The molecule has 0 aliphatic carbocycles. The third kappa shape index (κ3) is 3.20. The van der Waals surface area contributed by atoms with E-state index in [1.165, 1.54) is 12.1 Å². The Kier molecular flexibility index (Phi) is 4.29. The summed E-state index contributed by atoms with van der Waals surface area (Å²) in [5.74, 6) is -1.63. The predicted octanol–water partition coefficient (Wildman–Crippen LogP) is 2.22. The van der Waals surface area contributed by atoms with Crippen molar-refractivity contribution in [1.29, 1.82) is 0 Å². The van der Waals surface area contributed by atoms with Crippen LogP contribution in [0.3, 0.4) is 0 Å². The third-order valence-electron chi connectivity index (χ3n) is 3.01. The number of benzene rings is 1. The first-order valence-corrected chi connectivity index (χ1v) is 5.74. The van der Waals surface area contributed by atoms with Gasteiger partial charge in [-0.1, -0.05) is 6.92 Å². The fourth-order valence-electron chi connectivity index (χ4n) is 1.78. The number of aromatic hydroxyl groups is 1. The van der Waals surface area contributed by atoms with Crippen LogP contribution in [0.4, 0.5) is 4.39 Å². The minimum atomic E-state index is -1.04. The Morgan fingerprint density at radius 2 is 2.00 bits per heavy atom. The molecule has 0 saturated heterocycles. The van der Waals surface area contributed by atoms with Crippen molar-refractivity contribution in [3.8, 4) is 5.75 Å². The van der Waals surface area contributed by atoms with Crippen molar-refractivity contribution in [2.24, 2.45) is 0 Å². The number of carbonyl (C=O) groups is 1. The van der Waals surface area contributed by atoms with E-state index in [-0.39, 0.29) is 12.3 Å². The van der Waals surface area contributed by atoms with Crippen LogP contribution in [-0.2, 0) is 11.3 Å². The molecule has 1 aromatic rings. The molecule has 1 rings (SSSR count). The Morgan fingerprint density at radius 1 is 1.39 bits per heavy atom. The summed E-state index contributed by atoms with van der Waals surface area (Å²) in [7, 11) is 0. The lowest BCUT2D eigenvalue weighted by molar-refractivity contribution is -0.149. The van der Waals surface area contributed by atoms with E-state index < -0.39 is 17.3 Å². The van der Waals surface area contributed by atoms with E-state index in [0.29, 0.717) is 12.1 Å². The molecule has 4 nitrogen and oxygen atoms in total. The number of carboxylic acids is 1. The molecule has 0 aromatic heterocycles. The largest absolute Gasteiger partial charge is 0.508 e. The average Bonchev–Trinajstić information content (AvgIpc) is 2.24. The van der Waals surface area contributed by atoms with Gasteiger partial charge in [0, 0.05) is 12.6 Å². The van der Waals surface area contributed by atoms with Gasteiger partial charge in [0.2, 0.25) is 0 Å². The van der Waals surface area contributed by atoms with Crippen LogP contribution in [0.2, 0.25) is 0 Å². The van der Waals surface area contributed by atoms with Gasteiger partial charge in [0.1, 0.15) is 17.1 Å². The van der Waals surface area contributed by atoms with Crippen molar-refractivity contribution in [3.63, 3.8) is 0 Å². The van der Waals surface area contributed by atoms with Crippen molar-refractivity contribution in [2.45, 2.75) is 32.9 Å². The van der Waals surface area contributed by atoms with Gasteiger partial charge < -0.3 is 10.2 Å². The highest BCUT2D eigenvalue weighted by molar-refractivity contribution is 5.77. The lowest BCUT2D eigenvalue weighted by Gasteiger charge is -2.34. The third-order valence-corrected chi connectivity index (χ3v) is 3.01. The Morgan fingerprint density at radius 3 is 2.44 bits per heavy atom. The van der Waals surface area contributed by atoms with Crippen LogP contribution in [0.1, 0.15) is 26.3 Å². The molecule has 0 saturated carbocycles. The van der Waals surface area contributed by atoms with E-state index >= 15 is 0 Å². The van der Waals surface area contributed by atoms with Gasteiger partial charge in [-0.05, 0) is 38.1 Å². The molecule has 0 atom stereocenters. The molecule has 0 amide bonds. The lowest BCUT2D eigenvalue weighted by atomic mass is 10.0. The fraction of sp³-hybridized carbons (Fsp3) is 0.462.